The lowest BCUT2D eigenvalue weighted by atomic mass is 9.96. The quantitative estimate of drug-likeness (QED) is 0.776. The van der Waals surface area contributed by atoms with E-state index in [4.69, 9.17) is 0 Å². The van der Waals surface area contributed by atoms with Crippen LogP contribution in [-0.4, -0.2) is 37.0 Å². The number of carbonyl (C=O) groups excluding carboxylic acids is 1. The lowest BCUT2D eigenvalue weighted by molar-refractivity contribution is -0.136. The molecule has 1 amide bonds. The Morgan fingerprint density at radius 2 is 1.81 bits per heavy atom. The maximum Gasteiger partial charge on any atom is 0.226 e. The van der Waals surface area contributed by atoms with Gasteiger partial charge in [-0.1, -0.05) is 0 Å². The zero-order chi connectivity index (χ0) is 11.1. The van der Waals surface area contributed by atoms with Gasteiger partial charge in [0, 0.05) is 25.0 Å². The molecule has 3 rings (SSSR count). The van der Waals surface area contributed by atoms with E-state index in [0.29, 0.717) is 17.9 Å². The summed E-state index contributed by atoms with van der Waals surface area (Å²) in [6.45, 7) is 1.91. The maximum atomic E-state index is 12.5. The van der Waals surface area contributed by atoms with Crippen LogP contribution in [0.1, 0.15) is 32.1 Å². The van der Waals surface area contributed by atoms with Crippen molar-refractivity contribution in [3.8, 4) is 0 Å². The van der Waals surface area contributed by atoms with E-state index in [0.717, 1.165) is 31.3 Å². The van der Waals surface area contributed by atoms with E-state index in [-0.39, 0.29) is 0 Å². The van der Waals surface area contributed by atoms with Crippen molar-refractivity contribution in [1.29, 1.82) is 0 Å². The van der Waals surface area contributed by atoms with Crippen molar-refractivity contribution in [2.24, 2.45) is 17.8 Å². The van der Waals surface area contributed by atoms with E-state index < -0.39 is 0 Å². The molecule has 2 aliphatic carbocycles. The van der Waals surface area contributed by atoms with Crippen molar-refractivity contribution in [2.45, 2.75) is 38.1 Å². The molecule has 3 nitrogen and oxygen atoms in total. The zero-order valence-corrected chi connectivity index (χ0v) is 10.1. The maximum absolute atomic E-state index is 12.5. The van der Waals surface area contributed by atoms with Crippen molar-refractivity contribution in [3.63, 3.8) is 0 Å². The van der Waals surface area contributed by atoms with Crippen LogP contribution in [0.4, 0.5) is 0 Å². The molecule has 1 unspecified atom stereocenters. The molecule has 0 radical (unpaired) electrons. The van der Waals surface area contributed by atoms with Crippen LogP contribution in [0.25, 0.3) is 0 Å². The average molecular weight is 222 g/mol. The Hall–Kier alpha value is -0.570. The van der Waals surface area contributed by atoms with Gasteiger partial charge in [-0.05, 0) is 51.0 Å². The predicted molar refractivity (Wildman–Crippen MR) is 63.0 cm³/mol. The minimum absolute atomic E-state index is 0.399. The van der Waals surface area contributed by atoms with E-state index in [1.807, 2.05) is 7.05 Å². The summed E-state index contributed by atoms with van der Waals surface area (Å²) in [5, 5.41) is 3.28. The molecule has 0 aromatic heterocycles. The van der Waals surface area contributed by atoms with Gasteiger partial charge in [-0.15, -0.1) is 0 Å². The SMILES string of the molecule is CNC1CCN(C(=O)C(C2CC2)C2CC2)C1. The van der Waals surface area contributed by atoms with E-state index in [1.165, 1.54) is 25.7 Å². The first-order valence-corrected chi connectivity index (χ1v) is 6.75. The highest BCUT2D eigenvalue weighted by atomic mass is 16.2. The summed E-state index contributed by atoms with van der Waals surface area (Å²) < 4.78 is 0. The molecule has 1 saturated heterocycles. The highest BCUT2D eigenvalue weighted by Gasteiger charge is 2.47. The summed E-state index contributed by atoms with van der Waals surface area (Å²) in [6, 6.07) is 0.531. The molecule has 1 atom stereocenters. The monoisotopic (exact) mass is 222 g/mol. The topological polar surface area (TPSA) is 32.3 Å². The molecule has 1 aliphatic heterocycles. The lowest BCUT2D eigenvalue weighted by Crippen LogP contribution is -2.38. The Morgan fingerprint density at radius 3 is 2.25 bits per heavy atom. The van der Waals surface area contributed by atoms with Gasteiger partial charge in [0.2, 0.25) is 5.91 Å². The molecule has 1 heterocycles. The normalized spacial score (nSPS) is 30.1. The minimum atomic E-state index is 0.399. The number of likely N-dealkylation sites (N-methyl/N-ethyl adjacent to an activating group) is 1. The van der Waals surface area contributed by atoms with Crippen LogP contribution >= 0.6 is 0 Å². The van der Waals surface area contributed by atoms with Crippen LogP contribution in [0, 0.1) is 17.8 Å². The number of carbonyl (C=O) groups is 1. The molecule has 0 aromatic carbocycles. The number of likely N-dealkylation sites (tertiary alicyclic amines) is 1. The van der Waals surface area contributed by atoms with Crippen LogP contribution in [0.5, 0.6) is 0 Å². The molecular formula is C13H22N2O. The summed E-state index contributed by atoms with van der Waals surface area (Å²) >= 11 is 0. The summed E-state index contributed by atoms with van der Waals surface area (Å²) in [5.74, 6) is 2.36. The standard InChI is InChI=1S/C13H22N2O/c1-14-11-6-7-15(8-11)13(16)12(9-2-3-9)10-4-5-10/h9-12,14H,2-8H2,1H3. The summed E-state index contributed by atoms with van der Waals surface area (Å²) in [5.41, 5.74) is 0. The first kappa shape index (κ1) is 10.6. The Labute approximate surface area is 97.6 Å². The highest BCUT2D eigenvalue weighted by molar-refractivity contribution is 5.80. The van der Waals surface area contributed by atoms with E-state index in [2.05, 4.69) is 10.2 Å². The third kappa shape index (κ3) is 1.97. The van der Waals surface area contributed by atoms with Gasteiger partial charge < -0.3 is 10.2 Å². The third-order valence-corrected chi connectivity index (χ3v) is 4.45. The molecule has 90 valence electrons. The summed E-state index contributed by atoms with van der Waals surface area (Å²) in [7, 11) is 2.00. The van der Waals surface area contributed by atoms with E-state index in [1.54, 1.807) is 0 Å². The van der Waals surface area contributed by atoms with Crippen molar-refractivity contribution < 1.29 is 4.79 Å². The van der Waals surface area contributed by atoms with E-state index in [9.17, 15) is 4.79 Å². The lowest BCUT2D eigenvalue weighted by Gasteiger charge is -2.23. The molecule has 2 saturated carbocycles. The van der Waals surface area contributed by atoms with Gasteiger partial charge in [0.05, 0.1) is 0 Å². The molecule has 0 spiro atoms. The molecule has 3 heteroatoms. The molecular weight excluding hydrogens is 200 g/mol. The van der Waals surface area contributed by atoms with Crippen LogP contribution in [0.3, 0.4) is 0 Å². The number of hydrogen-bond donors (Lipinski definition) is 1. The van der Waals surface area contributed by atoms with Crippen molar-refractivity contribution in [2.75, 3.05) is 20.1 Å². The zero-order valence-electron chi connectivity index (χ0n) is 10.1. The summed E-state index contributed by atoms with van der Waals surface area (Å²) in [4.78, 5) is 14.6. The Bertz CT molecular complexity index is 272. The number of hydrogen-bond acceptors (Lipinski definition) is 2. The van der Waals surface area contributed by atoms with Gasteiger partial charge >= 0.3 is 0 Å². The average Bonchev–Trinajstić information content (AvgIpc) is 3.21. The highest BCUT2D eigenvalue weighted by Crippen LogP contribution is 2.50. The number of amides is 1. The van der Waals surface area contributed by atoms with Gasteiger partial charge in [-0.2, -0.15) is 0 Å². The largest absolute Gasteiger partial charge is 0.341 e. The Kier molecular flexibility index (Phi) is 2.66. The third-order valence-electron chi connectivity index (χ3n) is 4.45. The fourth-order valence-corrected chi connectivity index (χ4v) is 3.11. The molecule has 0 aromatic rings. The fourth-order valence-electron chi connectivity index (χ4n) is 3.11. The van der Waals surface area contributed by atoms with Crippen molar-refractivity contribution in [1.82, 2.24) is 10.2 Å². The number of rotatable bonds is 4. The van der Waals surface area contributed by atoms with Gasteiger partial charge in [0.15, 0.2) is 0 Å². The van der Waals surface area contributed by atoms with Gasteiger partial charge in [0.25, 0.3) is 0 Å². The first-order valence-electron chi connectivity index (χ1n) is 6.75. The Balaban J connectivity index is 1.62. The van der Waals surface area contributed by atoms with Crippen molar-refractivity contribution >= 4 is 5.91 Å². The van der Waals surface area contributed by atoms with Gasteiger partial charge in [-0.3, -0.25) is 4.79 Å². The molecule has 1 N–H and O–H groups in total. The second-order valence-electron chi connectivity index (χ2n) is 5.76. The van der Waals surface area contributed by atoms with Gasteiger partial charge in [0.1, 0.15) is 0 Å². The van der Waals surface area contributed by atoms with Crippen LogP contribution < -0.4 is 5.32 Å². The van der Waals surface area contributed by atoms with Crippen LogP contribution in [0.15, 0.2) is 0 Å². The van der Waals surface area contributed by atoms with Crippen LogP contribution in [0.2, 0.25) is 0 Å². The number of nitrogens with one attached hydrogen (secondary N) is 1. The van der Waals surface area contributed by atoms with Crippen LogP contribution in [-0.2, 0) is 4.79 Å². The minimum Gasteiger partial charge on any atom is -0.341 e. The fraction of sp³-hybridized carbons (Fsp3) is 0.923. The predicted octanol–water partition coefficient (Wildman–Crippen LogP) is 1.24. The first-order chi connectivity index (χ1) is 7.79. The molecule has 0 bridgehead atoms. The smallest absolute Gasteiger partial charge is 0.226 e. The second kappa shape index (κ2) is 4.02. The summed E-state index contributed by atoms with van der Waals surface area (Å²) in [6.07, 6.45) is 6.34. The Morgan fingerprint density at radius 1 is 1.19 bits per heavy atom. The van der Waals surface area contributed by atoms with Gasteiger partial charge in [-0.25, -0.2) is 0 Å². The molecule has 3 fully saturated rings. The van der Waals surface area contributed by atoms with E-state index >= 15 is 0 Å². The number of nitrogens with zero attached hydrogens (tertiary/aromatic N) is 1. The molecule has 16 heavy (non-hydrogen) atoms. The molecule has 3 aliphatic rings. The second-order valence-corrected chi connectivity index (χ2v) is 5.76. The van der Waals surface area contributed by atoms with Crippen molar-refractivity contribution in [3.05, 3.63) is 0 Å².